The fraction of sp³-hybridized carbons (Fsp3) is 0.632. The molecule has 24 heavy (non-hydrogen) atoms. The number of nitrogens with one attached hydrogen (secondary N) is 1. The third-order valence-corrected chi connectivity index (χ3v) is 5.47. The Kier molecular flexibility index (Phi) is 6.48. The zero-order chi connectivity index (χ0) is 17.4. The van der Waals surface area contributed by atoms with Gasteiger partial charge in [0, 0.05) is 18.4 Å². The van der Waals surface area contributed by atoms with E-state index in [-0.39, 0.29) is 35.9 Å². The van der Waals surface area contributed by atoms with Gasteiger partial charge in [0.1, 0.15) is 5.54 Å². The van der Waals surface area contributed by atoms with Crippen LogP contribution in [-0.4, -0.2) is 24.2 Å². The highest BCUT2D eigenvalue weighted by atomic mass is 35.5. The highest BCUT2D eigenvalue weighted by molar-refractivity contribution is 5.89. The lowest BCUT2D eigenvalue weighted by atomic mass is 9.54. The molecule has 136 valence electrons. The normalized spacial score (nSPS) is 26.0. The summed E-state index contributed by atoms with van der Waals surface area (Å²) >= 11 is 0. The lowest BCUT2D eigenvalue weighted by Gasteiger charge is -2.57. The Morgan fingerprint density at radius 1 is 1.42 bits per heavy atom. The van der Waals surface area contributed by atoms with Crippen LogP contribution in [0.5, 0.6) is 0 Å². The molecule has 0 saturated heterocycles. The van der Waals surface area contributed by atoms with Crippen molar-refractivity contribution in [2.75, 3.05) is 6.61 Å². The number of hydrogen-bond acceptors (Lipinski definition) is 3. The maximum atomic E-state index is 12.8. The summed E-state index contributed by atoms with van der Waals surface area (Å²) in [5.74, 6) is -0.0917. The average Bonchev–Trinajstić information content (AvgIpc) is 2.46. The van der Waals surface area contributed by atoms with Crippen molar-refractivity contribution >= 4 is 18.3 Å². The van der Waals surface area contributed by atoms with Gasteiger partial charge in [-0.2, -0.15) is 0 Å². The Hall–Kier alpha value is -1.10. The van der Waals surface area contributed by atoms with Crippen molar-refractivity contribution in [3.8, 4) is 0 Å². The highest BCUT2D eigenvalue weighted by Crippen LogP contribution is 2.50. The van der Waals surface area contributed by atoms with Crippen molar-refractivity contribution in [3.63, 3.8) is 0 Å². The van der Waals surface area contributed by atoms with E-state index in [1.165, 1.54) is 11.1 Å². The highest BCUT2D eigenvalue weighted by Gasteiger charge is 2.62. The van der Waals surface area contributed by atoms with Gasteiger partial charge in [-0.15, -0.1) is 12.4 Å². The minimum absolute atomic E-state index is 0. The number of nitrogens with two attached hydrogens (primary N) is 1. The van der Waals surface area contributed by atoms with Gasteiger partial charge >= 0.3 is 0 Å². The Bertz CT molecular complexity index is 603. The van der Waals surface area contributed by atoms with Crippen LogP contribution in [0.1, 0.15) is 56.8 Å². The molecule has 0 heterocycles. The first-order chi connectivity index (χ1) is 10.6. The summed E-state index contributed by atoms with van der Waals surface area (Å²) in [6, 6.07) is 6.22. The van der Waals surface area contributed by atoms with Crippen molar-refractivity contribution in [2.45, 2.75) is 65.6 Å². The third-order valence-electron chi connectivity index (χ3n) is 5.47. The number of halogens is 1. The first-order valence-electron chi connectivity index (χ1n) is 8.42. The maximum absolute atomic E-state index is 12.8. The van der Waals surface area contributed by atoms with E-state index in [4.69, 9.17) is 10.5 Å². The van der Waals surface area contributed by atoms with Crippen LogP contribution >= 0.6 is 12.4 Å². The first-order valence-corrected chi connectivity index (χ1v) is 8.42. The Morgan fingerprint density at radius 2 is 2.04 bits per heavy atom. The molecule has 0 radical (unpaired) electrons. The van der Waals surface area contributed by atoms with Crippen molar-refractivity contribution in [2.24, 2.45) is 11.1 Å². The summed E-state index contributed by atoms with van der Waals surface area (Å²) in [5, 5.41) is 3.10. The van der Waals surface area contributed by atoms with Crippen LogP contribution in [0.2, 0.25) is 0 Å². The number of amides is 1. The minimum atomic E-state index is -0.875. The SMILES string of the molecule is CCOC1CC(N)(C(=O)NC(C)c2ccc(C)cc2C)C1(C)C.Cl. The van der Waals surface area contributed by atoms with E-state index in [1.807, 2.05) is 27.7 Å². The monoisotopic (exact) mass is 354 g/mol. The van der Waals surface area contributed by atoms with E-state index in [0.717, 1.165) is 5.56 Å². The number of carbonyl (C=O) groups excluding carboxylic acids is 1. The van der Waals surface area contributed by atoms with E-state index >= 15 is 0 Å². The zero-order valence-electron chi connectivity index (χ0n) is 15.6. The summed E-state index contributed by atoms with van der Waals surface area (Å²) in [4.78, 5) is 12.8. The van der Waals surface area contributed by atoms with Crippen molar-refractivity contribution in [3.05, 3.63) is 34.9 Å². The van der Waals surface area contributed by atoms with Crippen molar-refractivity contribution < 1.29 is 9.53 Å². The van der Waals surface area contributed by atoms with E-state index in [0.29, 0.717) is 13.0 Å². The van der Waals surface area contributed by atoms with Crippen LogP contribution in [0, 0.1) is 19.3 Å². The van der Waals surface area contributed by atoms with Crippen LogP contribution in [0.3, 0.4) is 0 Å². The van der Waals surface area contributed by atoms with Crippen LogP contribution in [-0.2, 0) is 9.53 Å². The standard InChI is InChI=1S/C19H30N2O2.ClH/c1-7-23-16-11-19(20,18(16,5)6)17(22)21-14(4)15-9-8-12(2)10-13(15)3;/h8-10,14,16H,7,11,20H2,1-6H3,(H,21,22);1H. The molecule has 3 N–H and O–H groups in total. The fourth-order valence-corrected chi connectivity index (χ4v) is 3.54. The van der Waals surface area contributed by atoms with Gasteiger partial charge in [0.05, 0.1) is 12.1 Å². The van der Waals surface area contributed by atoms with E-state index in [9.17, 15) is 4.79 Å². The van der Waals surface area contributed by atoms with Crippen molar-refractivity contribution in [1.29, 1.82) is 0 Å². The number of rotatable bonds is 5. The van der Waals surface area contributed by atoms with Gasteiger partial charge in [-0.3, -0.25) is 4.79 Å². The number of benzene rings is 1. The second-order valence-corrected chi connectivity index (χ2v) is 7.40. The molecule has 1 amide bonds. The molecule has 1 saturated carbocycles. The number of aryl methyl sites for hydroxylation is 2. The molecule has 0 aromatic heterocycles. The molecule has 4 nitrogen and oxygen atoms in total. The van der Waals surface area contributed by atoms with Gasteiger partial charge in [0.2, 0.25) is 5.91 Å². The Morgan fingerprint density at radius 3 is 2.54 bits per heavy atom. The van der Waals surface area contributed by atoms with Crippen LogP contribution in [0.15, 0.2) is 18.2 Å². The molecule has 3 unspecified atom stereocenters. The number of carbonyl (C=O) groups is 1. The molecule has 3 atom stereocenters. The smallest absolute Gasteiger partial charge is 0.241 e. The Labute approximate surface area is 151 Å². The molecule has 1 aliphatic rings. The zero-order valence-corrected chi connectivity index (χ0v) is 16.4. The molecule has 0 bridgehead atoms. The molecule has 0 spiro atoms. The molecule has 0 aliphatic heterocycles. The predicted octanol–water partition coefficient (Wildman–Crippen LogP) is 3.43. The molecule has 1 aromatic carbocycles. The second kappa shape index (κ2) is 7.42. The largest absolute Gasteiger partial charge is 0.378 e. The third kappa shape index (κ3) is 3.46. The first kappa shape index (κ1) is 20.9. The topological polar surface area (TPSA) is 64.3 Å². The van der Waals surface area contributed by atoms with Gasteiger partial charge < -0.3 is 15.8 Å². The van der Waals surface area contributed by atoms with Crippen molar-refractivity contribution in [1.82, 2.24) is 5.32 Å². The molecule has 1 aromatic rings. The van der Waals surface area contributed by atoms with Gasteiger partial charge in [-0.25, -0.2) is 0 Å². The van der Waals surface area contributed by atoms with E-state index in [2.05, 4.69) is 37.4 Å². The quantitative estimate of drug-likeness (QED) is 0.851. The molecule has 5 heteroatoms. The van der Waals surface area contributed by atoms with Gasteiger partial charge in [0.15, 0.2) is 0 Å². The van der Waals surface area contributed by atoms with E-state index in [1.54, 1.807) is 0 Å². The fourth-order valence-electron chi connectivity index (χ4n) is 3.54. The van der Waals surface area contributed by atoms with Crippen LogP contribution in [0.4, 0.5) is 0 Å². The lowest BCUT2D eigenvalue weighted by molar-refractivity contribution is -0.171. The maximum Gasteiger partial charge on any atom is 0.241 e. The number of hydrogen-bond donors (Lipinski definition) is 2. The van der Waals surface area contributed by atoms with Gasteiger partial charge in [-0.1, -0.05) is 37.6 Å². The van der Waals surface area contributed by atoms with Crippen LogP contribution in [0.25, 0.3) is 0 Å². The van der Waals surface area contributed by atoms with Gasteiger partial charge in [-0.05, 0) is 38.8 Å². The summed E-state index contributed by atoms with van der Waals surface area (Å²) in [6.07, 6.45) is 0.610. The summed E-state index contributed by atoms with van der Waals surface area (Å²) in [5.41, 5.74) is 8.74. The molecular weight excluding hydrogens is 324 g/mol. The van der Waals surface area contributed by atoms with E-state index < -0.39 is 5.54 Å². The van der Waals surface area contributed by atoms with Crippen LogP contribution < -0.4 is 11.1 Å². The Balaban J connectivity index is 0.00000288. The molecule has 1 fully saturated rings. The summed E-state index contributed by atoms with van der Waals surface area (Å²) in [7, 11) is 0. The molecule has 2 rings (SSSR count). The number of ether oxygens (including phenoxy) is 1. The molecular formula is C19H31ClN2O2. The average molecular weight is 355 g/mol. The summed E-state index contributed by atoms with van der Waals surface area (Å²) < 4.78 is 5.70. The lowest BCUT2D eigenvalue weighted by Crippen LogP contribution is -2.75. The molecule has 1 aliphatic carbocycles. The summed E-state index contributed by atoms with van der Waals surface area (Å²) in [6.45, 7) is 12.8. The predicted molar refractivity (Wildman–Crippen MR) is 100 cm³/mol. The van der Waals surface area contributed by atoms with Gasteiger partial charge in [0.25, 0.3) is 0 Å². The second-order valence-electron chi connectivity index (χ2n) is 7.40. The minimum Gasteiger partial charge on any atom is -0.378 e.